The van der Waals surface area contributed by atoms with Gasteiger partial charge in [0.25, 0.3) is 0 Å². The predicted octanol–water partition coefficient (Wildman–Crippen LogP) is 3.95. The Labute approximate surface area is 97.8 Å². The molecule has 2 N–H and O–H groups in total. The van der Waals surface area contributed by atoms with Crippen LogP contribution in [0.4, 0.5) is 0 Å². The first-order valence-electron chi connectivity index (χ1n) is 5.15. The van der Waals surface area contributed by atoms with Gasteiger partial charge in [0, 0.05) is 15.9 Å². The van der Waals surface area contributed by atoms with Crippen molar-refractivity contribution in [3.63, 3.8) is 0 Å². The molecule has 78 valence electrons. The second kappa shape index (κ2) is 4.33. The van der Waals surface area contributed by atoms with Gasteiger partial charge in [-0.1, -0.05) is 13.3 Å². The fourth-order valence-corrected chi connectivity index (χ4v) is 3.97. The Bertz CT molecular complexity index is 310. The minimum absolute atomic E-state index is 0.237. The highest BCUT2D eigenvalue weighted by Crippen LogP contribution is 2.40. The van der Waals surface area contributed by atoms with Crippen molar-refractivity contribution in [3.05, 3.63) is 20.8 Å². The Morgan fingerprint density at radius 3 is 2.79 bits per heavy atom. The number of rotatable bonds is 2. The summed E-state index contributed by atoms with van der Waals surface area (Å²) >= 11 is 5.29. The van der Waals surface area contributed by atoms with Gasteiger partial charge >= 0.3 is 0 Å². The summed E-state index contributed by atoms with van der Waals surface area (Å²) in [6, 6.07) is 0.237. The van der Waals surface area contributed by atoms with Gasteiger partial charge in [-0.05, 0) is 51.6 Å². The highest BCUT2D eigenvalue weighted by atomic mass is 79.9. The van der Waals surface area contributed by atoms with Crippen molar-refractivity contribution < 1.29 is 0 Å². The quantitative estimate of drug-likeness (QED) is 0.868. The second-order valence-corrected chi connectivity index (χ2v) is 5.98. The van der Waals surface area contributed by atoms with Crippen LogP contribution in [0.25, 0.3) is 0 Å². The molecule has 1 aliphatic rings. The minimum Gasteiger partial charge on any atom is -0.324 e. The third kappa shape index (κ3) is 2.05. The lowest BCUT2D eigenvalue weighted by Crippen LogP contribution is -2.19. The van der Waals surface area contributed by atoms with Crippen molar-refractivity contribution in [1.82, 2.24) is 0 Å². The second-order valence-electron chi connectivity index (χ2n) is 4.38. The van der Waals surface area contributed by atoms with Crippen molar-refractivity contribution in [1.29, 1.82) is 0 Å². The molecule has 1 nitrogen and oxygen atoms in total. The molecular formula is C11H16BrNS. The Hall–Kier alpha value is 0.140. The molecule has 0 bridgehead atoms. The van der Waals surface area contributed by atoms with Crippen LogP contribution in [0.5, 0.6) is 0 Å². The number of hydrogen-bond donors (Lipinski definition) is 1. The number of halogens is 1. The van der Waals surface area contributed by atoms with Crippen molar-refractivity contribution >= 4 is 27.3 Å². The molecule has 0 aliphatic heterocycles. The van der Waals surface area contributed by atoms with Gasteiger partial charge in [0.1, 0.15) is 0 Å². The third-order valence-electron chi connectivity index (χ3n) is 3.24. The van der Waals surface area contributed by atoms with Crippen LogP contribution in [0.3, 0.4) is 0 Å². The van der Waals surface area contributed by atoms with E-state index in [4.69, 9.17) is 5.73 Å². The minimum atomic E-state index is 0.237. The van der Waals surface area contributed by atoms with Crippen LogP contribution < -0.4 is 5.73 Å². The molecule has 0 spiro atoms. The summed E-state index contributed by atoms with van der Waals surface area (Å²) in [5.74, 6) is 1.55. The van der Waals surface area contributed by atoms with E-state index in [-0.39, 0.29) is 6.04 Å². The Morgan fingerprint density at radius 2 is 2.29 bits per heavy atom. The summed E-state index contributed by atoms with van der Waals surface area (Å²) in [4.78, 5) is 0. The van der Waals surface area contributed by atoms with Gasteiger partial charge in [0.15, 0.2) is 0 Å². The van der Waals surface area contributed by atoms with Crippen LogP contribution in [0.15, 0.2) is 15.2 Å². The van der Waals surface area contributed by atoms with E-state index in [0.29, 0.717) is 5.92 Å². The monoisotopic (exact) mass is 273 g/mol. The molecule has 0 amide bonds. The lowest BCUT2D eigenvalue weighted by atomic mass is 9.93. The van der Waals surface area contributed by atoms with E-state index in [1.165, 1.54) is 29.3 Å². The molecule has 1 aromatic heterocycles. The first-order valence-corrected chi connectivity index (χ1v) is 6.89. The number of hydrogen-bond acceptors (Lipinski definition) is 2. The van der Waals surface area contributed by atoms with E-state index in [1.807, 2.05) is 0 Å². The Morgan fingerprint density at radius 1 is 1.50 bits per heavy atom. The van der Waals surface area contributed by atoms with Gasteiger partial charge in [-0.15, -0.1) is 0 Å². The van der Waals surface area contributed by atoms with Crippen LogP contribution in [0, 0.1) is 11.8 Å². The molecule has 1 saturated carbocycles. The van der Waals surface area contributed by atoms with Crippen LogP contribution in [0.1, 0.15) is 37.8 Å². The van der Waals surface area contributed by atoms with E-state index in [2.05, 4.69) is 33.6 Å². The zero-order valence-electron chi connectivity index (χ0n) is 8.37. The zero-order valence-corrected chi connectivity index (χ0v) is 10.8. The van der Waals surface area contributed by atoms with Crippen molar-refractivity contribution in [2.24, 2.45) is 17.6 Å². The molecule has 3 unspecified atom stereocenters. The van der Waals surface area contributed by atoms with Gasteiger partial charge in [-0.3, -0.25) is 0 Å². The highest BCUT2D eigenvalue weighted by molar-refractivity contribution is 9.10. The van der Waals surface area contributed by atoms with Gasteiger partial charge < -0.3 is 5.73 Å². The normalized spacial score (nSPS) is 29.4. The fraction of sp³-hybridized carbons (Fsp3) is 0.636. The summed E-state index contributed by atoms with van der Waals surface area (Å²) < 4.78 is 1.19. The van der Waals surface area contributed by atoms with Crippen LogP contribution in [-0.4, -0.2) is 0 Å². The van der Waals surface area contributed by atoms with Crippen LogP contribution >= 0.6 is 27.3 Å². The van der Waals surface area contributed by atoms with Crippen molar-refractivity contribution in [2.75, 3.05) is 0 Å². The summed E-state index contributed by atoms with van der Waals surface area (Å²) in [5, 5.41) is 4.30. The highest BCUT2D eigenvalue weighted by Gasteiger charge is 2.28. The van der Waals surface area contributed by atoms with E-state index < -0.39 is 0 Å². The van der Waals surface area contributed by atoms with E-state index >= 15 is 0 Å². The average molecular weight is 274 g/mol. The SMILES string of the molecule is CC1CCC(C(N)c2cscc2Br)C1. The van der Waals surface area contributed by atoms with Crippen molar-refractivity contribution in [2.45, 2.75) is 32.2 Å². The maximum absolute atomic E-state index is 6.28. The fourth-order valence-electron chi connectivity index (χ4n) is 2.36. The largest absolute Gasteiger partial charge is 0.324 e. The first kappa shape index (κ1) is 10.7. The first-order chi connectivity index (χ1) is 6.68. The maximum atomic E-state index is 6.28. The molecule has 3 atom stereocenters. The van der Waals surface area contributed by atoms with Crippen LogP contribution in [0.2, 0.25) is 0 Å². The summed E-state index contributed by atoms with van der Waals surface area (Å²) in [6.07, 6.45) is 3.94. The molecule has 14 heavy (non-hydrogen) atoms. The average Bonchev–Trinajstić information content (AvgIpc) is 2.73. The molecular weight excluding hydrogens is 258 g/mol. The Kier molecular flexibility index (Phi) is 3.30. The number of thiophene rings is 1. The standard InChI is InChI=1S/C11H16BrNS/c1-7-2-3-8(4-7)11(13)9-5-14-6-10(9)12/h5-8,11H,2-4,13H2,1H3. The molecule has 0 saturated heterocycles. The molecule has 1 fully saturated rings. The van der Waals surface area contributed by atoms with E-state index in [9.17, 15) is 0 Å². The van der Waals surface area contributed by atoms with Crippen molar-refractivity contribution in [3.8, 4) is 0 Å². The number of nitrogens with two attached hydrogens (primary N) is 1. The third-order valence-corrected chi connectivity index (χ3v) is 5.00. The van der Waals surface area contributed by atoms with E-state index in [1.54, 1.807) is 11.3 Å². The Balaban J connectivity index is 2.09. The van der Waals surface area contributed by atoms with Gasteiger partial charge in [-0.25, -0.2) is 0 Å². The van der Waals surface area contributed by atoms with Gasteiger partial charge in [-0.2, -0.15) is 11.3 Å². The van der Waals surface area contributed by atoms with E-state index in [0.717, 1.165) is 5.92 Å². The molecule has 1 aromatic rings. The molecule has 0 aromatic carbocycles. The topological polar surface area (TPSA) is 26.0 Å². The molecule has 2 rings (SSSR count). The van der Waals surface area contributed by atoms with Crippen LogP contribution in [-0.2, 0) is 0 Å². The predicted molar refractivity (Wildman–Crippen MR) is 65.5 cm³/mol. The summed E-state index contributed by atoms with van der Waals surface area (Å²) in [5.41, 5.74) is 7.58. The molecule has 1 aliphatic carbocycles. The van der Waals surface area contributed by atoms with Gasteiger partial charge in [0.05, 0.1) is 0 Å². The van der Waals surface area contributed by atoms with Gasteiger partial charge in [0.2, 0.25) is 0 Å². The smallest absolute Gasteiger partial charge is 0.0343 e. The zero-order chi connectivity index (χ0) is 10.1. The lowest BCUT2D eigenvalue weighted by molar-refractivity contribution is 0.428. The molecule has 1 heterocycles. The summed E-state index contributed by atoms with van der Waals surface area (Å²) in [7, 11) is 0. The molecule has 0 radical (unpaired) electrons. The summed E-state index contributed by atoms with van der Waals surface area (Å²) in [6.45, 7) is 2.33. The maximum Gasteiger partial charge on any atom is 0.0343 e. The molecule has 3 heteroatoms. The lowest BCUT2D eigenvalue weighted by Gasteiger charge is -2.18.